The first-order valence-electron chi connectivity index (χ1n) is 14.7. The van der Waals surface area contributed by atoms with Crippen LogP contribution < -0.4 is 30.9 Å². The normalized spacial score (nSPS) is 22.9. The molecule has 41 heavy (non-hydrogen) atoms. The van der Waals surface area contributed by atoms with Crippen molar-refractivity contribution in [3.05, 3.63) is 66.6 Å². The number of benzene rings is 2. The molecular weight excluding hydrogens is 538 g/mol. The summed E-state index contributed by atoms with van der Waals surface area (Å²) in [6.07, 6.45) is 6.89. The lowest BCUT2D eigenvalue weighted by Gasteiger charge is -2.22. The molecule has 1 radical (unpaired) electrons. The Kier molecular flexibility index (Phi) is 10.3. The van der Waals surface area contributed by atoms with E-state index in [1.165, 1.54) is 0 Å². The van der Waals surface area contributed by atoms with Crippen LogP contribution in [0.5, 0.6) is 5.75 Å². The van der Waals surface area contributed by atoms with Crippen LogP contribution in [0.1, 0.15) is 50.2 Å². The summed E-state index contributed by atoms with van der Waals surface area (Å²) in [4.78, 5) is 38.5. The molecule has 0 spiro atoms. The minimum Gasteiger partial charge on any atom is -0.483 e. The van der Waals surface area contributed by atoms with Gasteiger partial charge in [-0.15, -0.1) is 0 Å². The number of nitrogens with zero attached hydrogens (tertiary/aromatic N) is 1. The number of urea groups is 1. The van der Waals surface area contributed by atoms with E-state index in [4.69, 9.17) is 4.74 Å². The summed E-state index contributed by atoms with van der Waals surface area (Å²) in [5.74, 6) is 1.78. The Labute approximate surface area is 246 Å². The smallest absolute Gasteiger partial charge is 0.315 e. The largest absolute Gasteiger partial charge is 0.483 e. The van der Waals surface area contributed by atoms with Crippen LogP contribution in [0, 0.1) is 6.42 Å². The Morgan fingerprint density at radius 2 is 1.68 bits per heavy atom. The number of hydrogen-bond donors (Lipinski definition) is 4. The van der Waals surface area contributed by atoms with E-state index in [2.05, 4.69) is 39.8 Å². The van der Waals surface area contributed by atoms with E-state index < -0.39 is 0 Å². The molecule has 3 heterocycles. The van der Waals surface area contributed by atoms with E-state index in [1.54, 1.807) is 0 Å². The number of anilines is 1. The summed E-state index contributed by atoms with van der Waals surface area (Å²) in [6.45, 7) is 2.14. The third-order valence-corrected chi connectivity index (χ3v) is 9.30. The predicted octanol–water partition coefficient (Wildman–Crippen LogP) is 3.57. The fourth-order valence-corrected chi connectivity index (χ4v) is 7.17. The molecular formula is C31H40N5O4S. The second-order valence-corrected chi connectivity index (χ2v) is 12.1. The van der Waals surface area contributed by atoms with Crippen molar-refractivity contribution in [2.24, 2.45) is 0 Å². The van der Waals surface area contributed by atoms with E-state index in [1.807, 2.05) is 59.1 Å². The number of ether oxygens (including phenoxy) is 1. The molecule has 4 N–H and O–H groups in total. The second-order valence-electron chi connectivity index (χ2n) is 10.8. The van der Waals surface area contributed by atoms with Crippen LogP contribution >= 0.6 is 11.8 Å². The molecule has 0 unspecified atom stereocenters. The van der Waals surface area contributed by atoms with Gasteiger partial charge in [-0.25, -0.2) is 4.79 Å². The lowest BCUT2D eigenvalue weighted by atomic mass is 10.0. The van der Waals surface area contributed by atoms with Crippen LogP contribution in [-0.4, -0.2) is 67.1 Å². The molecule has 0 bridgehead atoms. The number of unbranched alkanes of at least 4 members (excludes halogenated alkanes) is 2. The predicted molar refractivity (Wildman–Crippen MR) is 162 cm³/mol. The monoisotopic (exact) mass is 578 g/mol. The van der Waals surface area contributed by atoms with Crippen molar-refractivity contribution in [3.63, 3.8) is 0 Å². The molecule has 3 aliphatic heterocycles. The van der Waals surface area contributed by atoms with E-state index in [0.717, 1.165) is 54.9 Å². The molecule has 0 aliphatic carbocycles. The number of thioether (sulfide) groups is 1. The maximum Gasteiger partial charge on any atom is 0.315 e. The van der Waals surface area contributed by atoms with E-state index in [0.29, 0.717) is 31.3 Å². The van der Waals surface area contributed by atoms with Crippen molar-refractivity contribution in [2.75, 3.05) is 36.8 Å². The van der Waals surface area contributed by atoms with Gasteiger partial charge in [0.05, 0.1) is 24.3 Å². The standard InChI is InChI=1S/C31H40N5O4S/c37-28(15-9-14-27-30-23(21-41-27)34-31(39)35-30)32-17-7-2-8-18-33-29(38)20-36-19-16-25(22-10-3-1-4-11-22)40-26-13-6-5-12-24(26)36/h1,3-6,10-13,16,23,25,27,30H,2,7-9,14-15,17-21H2,(H,32,37)(H,33,38)(H2,34,35,39)/t23-,25+,27-,30-/m0/s1. The summed E-state index contributed by atoms with van der Waals surface area (Å²) in [5, 5.41) is 12.4. The molecule has 2 saturated heterocycles. The average Bonchev–Trinajstić information content (AvgIpc) is 3.47. The Morgan fingerprint density at radius 3 is 2.51 bits per heavy atom. The first kappa shape index (κ1) is 29.1. The van der Waals surface area contributed by atoms with Crippen molar-refractivity contribution in [1.82, 2.24) is 21.3 Å². The third-order valence-electron chi connectivity index (χ3n) is 7.79. The Balaban J connectivity index is 0.934. The highest BCUT2D eigenvalue weighted by molar-refractivity contribution is 8.00. The average molecular weight is 579 g/mol. The summed E-state index contributed by atoms with van der Waals surface area (Å²) >= 11 is 1.88. The number of para-hydroxylation sites is 2. The van der Waals surface area contributed by atoms with Gasteiger partial charge < -0.3 is 30.9 Å². The van der Waals surface area contributed by atoms with E-state index >= 15 is 0 Å². The zero-order valence-electron chi connectivity index (χ0n) is 23.3. The van der Waals surface area contributed by atoms with Crippen LogP contribution in [0.3, 0.4) is 0 Å². The first-order chi connectivity index (χ1) is 20.1. The summed E-state index contributed by atoms with van der Waals surface area (Å²) < 4.78 is 6.30. The summed E-state index contributed by atoms with van der Waals surface area (Å²) in [5.41, 5.74) is 2.01. The number of hydrogen-bond acceptors (Lipinski definition) is 6. The molecule has 10 heteroatoms. The molecule has 4 amide bonds. The number of carbonyl (C=O) groups is 3. The number of amides is 4. The van der Waals surface area contributed by atoms with Gasteiger partial charge in [0.25, 0.3) is 0 Å². The van der Waals surface area contributed by atoms with Gasteiger partial charge in [-0.3, -0.25) is 9.59 Å². The lowest BCUT2D eigenvalue weighted by molar-refractivity contribution is -0.121. The molecule has 2 fully saturated rings. The van der Waals surface area contributed by atoms with Crippen molar-refractivity contribution in [1.29, 1.82) is 0 Å². The van der Waals surface area contributed by atoms with Crippen LogP contribution in [-0.2, 0) is 9.59 Å². The second kappa shape index (κ2) is 14.5. The number of nitrogens with one attached hydrogen (secondary N) is 4. The SMILES string of the molecule is O=C(CCC[C@@H]1SC[C@@H]2NC(=O)N[C@@H]21)NCCCCCNC(=O)CN1C[CH][C@H](c2ccccc2)Oc2ccccc21. The molecule has 4 atom stereocenters. The highest BCUT2D eigenvalue weighted by atomic mass is 32.2. The first-order valence-corrected chi connectivity index (χ1v) is 15.7. The van der Waals surface area contributed by atoms with Crippen LogP contribution in [0.4, 0.5) is 10.5 Å². The fraction of sp³-hybridized carbons (Fsp3) is 0.484. The quantitative estimate of drug-likeness (QED) is 0.214. The molecule has 3 aliphatic rings. The van der Waals surface area contributed by atoms with E-state index in [-0.39, 0.29) is 42.6 Å². The van der Waals surface area contributed by atoms with Crippen LogP contribution in [0.2, 0.25) is 0 Å². The van der Waals surface area contributed by atoms with Crippen LogP contribution in [0.15, 0.2) is 54.6 Å². The molecule has 2 aromatic carbocycles. The Bertz CT molecular complexity index is 1180. The van der Waals surface area contributed by atoms with Crippen molar-refractivity contribution in [2.45, 2.75) is 62.0 Å². The number of fused-ring (bicyclic) bond motifs is 2. The van der Waals surface area contributed by atoms with E-state index in [9.17, 15) is 14.4 Å². The highest BCUT2D eigenvalue weighted by Crippen LogP contribution is 2.36. The van der Waals surface area contributed by atoms with Gasteiger partial charge in [-0.1, -0.05) is 42.5 Å². The summed E-state index contributed by atoms with van der Waals surface area (Å²) in [7, 11) is 0. The molecule has 219 valence electrons. The number of rotatable bonds is 13. The van der Waals surface area contributed by atoms with Crippen LogP contribution in [0.25, 0.3) is 0 Å². The summed E-state index contributed by atoms with van der Waals surface area (Å²) in [6, 6.07) is 18.3. The van der Waals surface area contributed by atoms with Gasteiger partial charge in [-0.2, -0.15) is 11.8 Å². The number of carbonyl (C=O) groups excluding carboxylic acids is 3. The van der Waals surface area contributed by atoms with Crippen molar-refractivity contribution < 1.29 is 19.1 Å². The molecule has 0 aromatic heterocycles. The zero-order chi connectivity index (χ0) is 28.4. The van der Waals surface area contributed by atoms with Gasteiger partial charge in [0.15, 0.2) is 0 Å². The van der Waals surface area contributed by atoms with Crippen molar-refractivity contribution >= 4 is 35.3 Å². The topological polar surface area (TPSA) is 112 Å². The molecule has 2 aromatic rings. The lowest BCUT2D eigenvalue weighted by Crippen LogP contribution is -2.38. The fourth-order valence-electron chi connectivity index (χ4n) is 5.63. The van der Waals surface area contributed by atoms with Gasteiger partial charge in [0.2, 0.25) is 11.8 Å². The van der Waals surface area contributed by atoms with Gasteiger partial charge in [0, 0.05) is 43.5 Å². The Morgan fingerprint density at radius 1 is 0.927 bits per heavy atom. The third kappa shape index (κ3) is 8.09. The van der Waals surface area contributed by atoms with Gasteiger partial charge in [-0.05, 0) is 49.8 Å². The van der Waals surface area contributed by atoms with Gasteiger partial charge in [0.1, 0.15) is 11.9 Å². The van der Waals surface area contributed by atoms with Crippen molar-refractivity contribution in [3.8, 4) is 5.75 Å². The molecule has 0 saturated carbocycles. The molecule has 9 nitrogen and oxygen atoms in total. The Hall–Kier alpha value is -3.40. The zero-order valence-corrected chi connectivity index (χ0v) is 24.2. The maximum atomic E-state index is 12.7. The maximum absolute atomic E-state index is 12.7. The molecule has 5 rings (SSSR count). The van der Waals surface area contributed by atoms with Gasteiger partial charge >= 0.3 is 6.03 Å². The minimum atomic E-state index is -0.168. The highest BCUT2D eigenvalue weighted by Gasteiger charge is 2.42. The minimum absolute atomic E-state index is 0.0145.